The van der Waals surface area contributed by atoms with Crippen molar-refractivity contribution in [3.63, 3.8) is 0 Å². The zero-order valence-electron chi connectivity index (χ0n) is 21.6. The Balaban J connectivity index is 1.53. The number of carbonyl (C=O) groups excluding carboxylic acids is 1. The van der Waals surface area contributed by atoms with Crippen LogP contribution in [-0.4, -0.2) is 47.5 Å². The number of benzene rings is 3. The fraction of sp³-hybridized carbons (Fsp3) is 0.226. The summed E-state index contributed by atoms with van der Waals surface area (Å²) in [6.07, 6.45) is 4.12. The summed E-state index contributed by atoms with van der Waals surface area (Å²) in [4.78, 5) is 32.6. The number of likely N-dealkylation sites (tertiary alicyclic amines) is 1. The van der Waals surface area contributed by atoms with E-state index >= 15 is 0 Å². The van der Waals surface area contributed by atoms with Crippen LogP contribution >= 0.6 is 11.6 Å². The zero-order chi connectivity index (χ0) is 26.9. The van der Waals surface area contributed by atoms with Gasteiger partial charge < -0.3 is 9.72 Å². The summed E-state index contributed by atoms with van der Waals surface area (Å²) in [5, 5.41) is 3.02. The van der Waals surface area contributed by atoms with Gasteiger partial charge >= 0.3 is 0 Å². The molecule has 1 fully saturated rings. The van der Waals surface area contributed by atoms with Gasteiger partial charge in [0.15, 0.2) is 0 Å². The molecular weight excluding hydrogens is 512 g/mol. The number of para-hydroxylation sites is 1. The van der Waals surface area contributed by atoms with Gasteiger partial charge in [0.1, 0.15) is 11.8 Å². The van der Waals surface area contributed by atoms with Crippen molar-refractivity contribution in [2.75, 3.05) is 26.7 Å². The lowest BCUT2D eigenvalue weighted by molar-refractivity contribution is -0.135. The van der Waals surface area contributed by atoms with Crippen LogP contribution in [-0.2, 0) is 4.79 Å². The van der Waals surface area contributed by atoms with Crippen molar-refractivity contribution in [1.82, 2.24) is 20.3 Å². The average Bonchev–Trinajstić information content (AvgIpc) is 3.63. The molecule has 3 aromatic carbocycles. The average molecular weight is 541 g/mol. The number of halogens is 1. The van der Waals surface area contributed by atoms with E-state index in [1.165, 1.54) is 0 Å². The smallest absolute Gasteiger partial charge is 0.258 e. The Morgan fingerprint density at radius 3 is 2.51 bits per heavy atom. The van der Waals surface area contributed by atoms with Crippen LogP contribution in [0.2, 0.25) is 5.02 Å². The zero-order valence-corrected chi connectivity index (χ0v) is 22.4. The molecule has 7 nitrogen and oxygen atoms in total. The van der Waals surface area contributed by atoms with Gasteiger partial charge in [0.05, 0.1) is 24.9 Å². The Morgan fingerprint density at radius 1 is 1.00 bits per heavy atom. The Bertz CT molecular complexity index is 1630. The van der Waals surface area contributed by atoms with Gasteiger partial charge in [0.25, 0.3) is 11.5 Å². The SMILES string of the molecule is COc1ccccc1[C@@H]1C=C(c2c(-c3ccccc3)c3cc(Cl)ccc3[nH]c2=O)NN1C(=O)CN1CCCC1. The van der Waals surface area contributed by atoms with Crippen LogP contribution < -0.4 is 15.7 Å². The molecule has 1 amide bonds. The molecule has 2 N–H and O–H groups in total. The van der Waals surface area contributed by atoms with Gasteiger partial charge in [0, 0.05) is 27.1 Å². The predicted octanol–water partition coefficient (Wildman–Crippen LogP) is 5.38. The molecule has 0 unspecified atom stereocenters. The molecule has 1 saturated heterocycles. The minimum absolute atomic E-state index is 0.0689. The Hall–Kier alpha value is -4.07. The summed E-state index contributed by atoms with van der Waals surface area (Å²) in [5.74, 6) is 0.601. The minimum Gasteiger partial charge on any atom is -0.496 e. The van der Waals surface area contributed by atoms with E-state index in [-0.39, 0.29) is 11.5 Å². The number of hydrogen-bond acceptors (Lipinski definition) is 5. The van der Waals surface area contributed by atoms with Crippen molar-refractivity contribution in [3.8, 4) is 16.9 Å². The van der Waals surface area contributed by atoms with Crippen LogP contribution in [0.1, 0.15) is 30.0 Å². The normalized spacial score (nSPS) is 17.3. The maximum absolute atomic E-state index is 13.7. The first-order valence-electron chi connectivity index (χ1n) is 13.1. The molecule has 198 valence electrons. The second kappa shape index (κ2) is 10.6. The van der Waals surface area contributed by atoms with E-state index in [1.54, 1.807) is 18.2 Å². The van der Waals surface area contributed by atoms with E-state index in [2.05, 4.69) is 15.3 Å². The molecule has 8 heteroatoms. The lowest BCUT2D eigenvalue weighted by atomic mass is 9.94. The van der Waals surface area contributed by atoms with E-state index < -0.39 is 6.04 Å². The number of nitrogens with zero attached hydrogens (tertiary/aromatic N) is 2. The number of hydrazine groups is 1. The van der Waals surface area contributed by atoms with E-state index in [4.69, 9.17) is 16.3 Å². The fourth-order valence-corrected chi connectivity index (χ4v) is 5.77. The number of H-pyrrole nitrogens is 1. The molecule has 2 aliphatic heterocycles. The number of aromatic amines is 1. The summed E-state index contributed by atoms with van der Waals surface area (Å²) >= 11 is 6.42. The van der Waals surface area contributed by atoms with Crippen LogP contribution in [0.5, 0.6) is 5.75 Å². The minimum atomic E-state index is -0.468. The largest absolute Gasteiger partial charge is 0.496 e. The van der Waals surface area contributed by atoms with Crippen LogP contribution in [0.4, 0.5) is 0 Å². The fourth-order valence-electron chi connectivity index (χ4n) is 5.60. The van der Waals surface area contributed by atoms with Gasteiger partial charge in [-0.2, -0.15) is 0 Å². The van der Waals surface area contributed by atoms with Crippen molar-refractivity contribution in [2.24, 2.45) is 0 Å². The lowest BCUT2D eigenvalue weighted by Crippen LogP contribution is -2.45. The van der Waals surface area contributed by atoms with Crippen LogP contribution in [0.3, 0.4) is 0 Å². The molecule has 3 heterocycles. The first-order valence-corrected chi connectivity index (χ1v) is 13.5. The van der Waals surface area contributed by atoms with Crippen LogP contribution in [0.25, 0.3) is 27.7 Å². The van der Waals surface area contributed by atoms with Crippen molar-refractivity contribution in [2.45, 2.75) is 18.9 Å². The second-order valence-corrected chi connectivity index (χ2v) is 10.3. The number of fused-ring (bicyclic) bond motifs is 1. The molecule has 0 spiro atoms. The Morgan fingerprint density at radius 2 is 1.74 bits per heavy atom. The van der Waals surface area contributed by atoms with Gasteiger partial charge in [-0.1, -0.05) is 60.1 Å². The third kappa shape index (κ3) is 4.80. The van der Waals surface area contributed by atoms with Crippen molar-refractivity contribution < 1.29 is 9.53 Å². The number of methoxy groups -OCH3 is 1. The molecule has 1 aromatic heterocycles. The highest BCUT2D eigenvalue weighted by Gasteiger charge is 2.35. The summed E-state index contributed by atoms with van der Waals surface area (Å²) in [6, 6.07) is 22.4. The number of pyridine rings is 1. The van der Waals surface area contributed by atoms with Gasteiger partial charge in [0.2, 0.25) is 0 Å². The summed E-state index contributed by atoms with van der Waals surface area (Å²) in [5.41, 5.74) is 7.23. The first kappa shape index (κ1) is 25.2. The highest BCUT2D eigenvalue weighted by atomic mass is 35.5. The van der Waals surface area contributed by atoms with E-state index in [0.717, 1.165) is 48.0 Å². The van der Waals surface area contributed by atoms with E-state index in [1.807, 2.05) is 72.8 Å². The number of hydrogen-bond donors (Lipinski definition) is 2. The standard InChI is InChI=1S/C31H29ClN4O3/c1-39-27-12-6-5-11-22(27)26-18-25(34-36(26)28(37)19-35-15-7-8-16-35)30-29(20-9-3-2-4-10-20)23-17-21(32)13-14-24(23)33-31(30)38/h2-6,9-14,17-18,26,34H,7-8,15-16,19H2,1H3,(H,33,38)/t26-/m0/s1. The number of carbonyl (C=O) groups is 1. The molecule has 0 aliphatic carbocycles. The molecule has 1 atom stereocenters. The third-order valence-electron chi connectivity index (χ3n) is 7.44. The summed E-state index contributed by atoms with van der Waals surface area (Å²) in [6.45, 7) is 2.11. The number of rotatable bonds is 6. The Kier molecular flexibility index (Phi) is 6.85. The van der Waals surface area contributed by atoms with Crippen molar-refractivity contribution >= 4 is 34.1 Å². The van der Waals surface area contributed by atoms with Crippen LogP contribution in [0.15, 0.2) is 83.7 Å². The second-order valence-electron chi connectivity index (χ2n) is 9.89. The van der Waals surface area contributed by atoms with Gasteiger partial charge in [-0.15, -0.1) is 0 Å². The molecule has 0 radical (unpaired) electrons. The number of aromatic nitrogens is 1. The topological polar surface area (TPSA) is 77.7 Å². The predicted molar refractivity (Wildman–Crippen MR) is 154 cm³/mol. The van der Waals surface area contributed by atoms with Crippen LogP contribution in [0, 0.1) is 0 Å². The van der Waals surface area contributed by atoms with Gasteiger partial charge in [-0.05, 0) is 61.8 Å². The van der Waals surface area contributed by atoms with Gasteiger partial charge in [-0.25, -0.2) is 5.01 Å². The molecule has 6 rings (SSSR count). The van der Waals surface area contributed by atoms with Crippen molar-refractivity contribution in [1.29, 1.82) is 0 Å². The third-order valence-corrected chi connectivity index (χ3v) is 7.67. The number of amides is 1. The first-order chi connectivity index (χ1) is 19.0. The number of ether oxygens (including phenoxy) is 1. The van der Waals surface area contributed by atoms with Crippen molar-refractivity contribution in [3.05, 3.63) is 105 Å². The van der Waals surface area contributed by atoms with Gasteiger partial charge in [-0.3, -0.25) is 19.9 Å². The maximum atomic E-state index is 13.7. The molecule has 4 aromatic rings. The highest BCUT2D eigenvalue weighted by Crippen LogP contribution is 2.39. The summed E-state index contributed by atoms with van der Waals surface area (Å²) in [7, 11) is 1.62. The lowest BCUT2D eigenvalue weighted by Gasteiger charge is -2.28. The summed E-state index contributed by atoms with van der Waals surface area (Å²) < 4.78 is 5.66. The van der Waals surface area contributed by atoms with E-state index in [0.29, 0.717) is 34.1 Å². The molecule has 39 heavy (non-hydrogen) atoms. The quantitative estimate of drug-likeness (QED) is 0.343. The maximum Gasteiger partial charge on any atom is 0.258 e. The van der Waals surface area contributed by atoms with E-state index in [9.17, 15) is 9.59 Å². The molecular formula is C31H29ClN4O3. The monoisotopic (exact) mass is 540 g/mol. The molecule has 2 aliphatic rings. The highest BCUT2D eigenvalue weighted by molar-refractivity contribution is 6.31. The molecule has 0 bridgehead atoms. The molecule has 0 saturated carbocycles. The Labute approximate surface area is 231 Å². The number of nitrogens with one attached hydrogen (secondary N) is 2.